The van der Waals surface area contributed by atoms with Crippen molar-refractivity contribution in [1.82, 2.24) is 0 Å². The number of benzene rings is 2. The van der Waals surface area contributed by atoms with Crippen LogP contribution >= 0.6 is 0 Å². The molecule has 1 fully saturated rings. The van der Waals surface area contributed by atoms with Crippen molar-refractivity contribution >= 4 is 0 Å². The van der Waals surface area contributed by atoms with Gasteiger partial charge in [0.2, 0.25) is 0 Å². The summed E-state index contributed by atoms with van der Waals surface area (Å²) < 4.78 is 56.7. The summed E-state index contributed by atoms with van der Waals surface area (Å²) in [5.74, 6) is 1.02. The molecule has 186 valence electrons. The highest BCUT2D eigenvalue weighted by Gasteiger charge is 2.32. The lowest BCUT2D eigenvalue weighted by molar-refractivity contribution is -0.274. The number of alkyl halides is 3. The first-order chi connectivity index (χ1) is 16.3. The highest BCUT2D eigenvalue weighted by molar-refractivity contribution is 5.40. The minimum Gasteiger partial charge on any atom is -0.406 e. The molecule has 1 atom stereocenters. The molecule has 1 unspecified atom stereocenters. The Morgan fingerprint density at radius 2 is 1.65 bits per heavy atom. The number of halogens is 4. The van der Waals surface area contributed by atoms with E-state index in [0.717, 1.165) is 47.4 Å². The summed E-state index contributed by atoms with van der Waals surface area (Å²) >= 11 is 0. The van der Waals surface area contributed by atoms with Crippen LogP contribution in [-0.2, 0) is 12.8 Å². The van der Waals surface area contributed by atoms with Crippen molar-refractivity contribution in [2.24, 2.45) is 5.92 Å². The summed E-state index contributed by atoms with van der Waals surface area (Å²) in [4.78, 5) is 0. The lowest BCUT2D eigenvalue weighted by Gasteiger charge is -2.30. The van der Waals surface area contributed by atoms with Crippen LogP contribution in [-0.4, -0.2) is 6.36 Å². The summed E-state index contributed by atoms with van der Waals surface area (Å²) in [7, 11) is 0. The van der Waals surface area contributed by atoms with Crippen molar-refractivity contribution in [3.63, 3.8) is 0 Å². The van der Waals surface area contributed by atoms with Gasteiger partial charge in [0.25, 0.3) is 0 Å². The Labute approximate surface area is 200 Å². The minimum absolute atomic E-state index is 0.0507. The molecule has 0 amide bonds. The monoisotopic (exact) mass is 476 g/mol. The molecule has 34 heavy (non-hydrogen) atoms. The van der Waals surface area contributed by atoms with Crippen molar-refractivity contribution in [1.29, 1.82) is 0 Å². The van der Waals surface area contributed by atoms with E-state index in [4.69, 9.17) is 0 Å². The summed E-state index contributed by atoms with van der Waals surface area (Å²) in [5.41, 5.74) is 3.69. The van der Waals surface area contributed by atoms with Crippen LogP contribution in [0.3, 0.4) is 0 Å². The molecule has 5 heteroatoms. The van der Waals surface area contributed by atoms with E-state index in [1.807, 2.05) is 6.07 Å². The number of ether oxygens (including phenoxy) is 1. The molecule has 2 aliphatic carbocycles. The maximum absolute atomic E-state index is 15.2. The molecule has 0 aromatic heterocycles. The fourth-order valence-corrected chi connectivity index (χ4v) is 5.97. The van der Waals surface area contributed by atoms with Gasteiger partial charge >= 0.3 is 6.36 Å². The van der Waals surface area contributed by atoms with Gasteiger partial charge in [0.1, 0.15) is 11.6 Å². The molecule has 0 radical (unpaired) electrons. The first kappa shape index (κ1) is 25.1. The van der Waals surface area contributed by atoms with Crippen LogP contribution in [0.15, 0.2) is 36.4 Å². The Balaban J connectivity index is 1.34. The zero-order chi connectivity index (χ0) is 24.1. The molecule has 1 saturated carbocycles. The summed E-state index contributed by atoms with van der Waals surface area (Å²) in [6, 6.07) is 10.3. The predicted octanol–water partition coefficient (Wildman–Crippen LogP) is 9.24. The van der Waals surface area contributed by atoms with Crippen LogP contribution in [0.2, 0.25) is 0 Å². The maximum atomic E-state index is 15.2. The lowest BCUT2D eigenvalue weighted by Crippen LogP contribution is -2.18. The number of fused-ring (bicyclic) bond motifs is 1. The Morgan fingerprint density at radius 3 is 2.35 bits per heavy atom. The van der Waals surface area contributed by atoms with Crippen LogP contribution < -0.4 is 4.74 Å². The van der Waals surface area contributed by atoms with E-state index in [9.17, 15) is 13.2 Å². The minimum atomic E-state index is -4.69. The SMILES string of the molecule is CCCCCCC1CCC(c2ccc(C3CCc4cc(OC(F)(F)F)ccc4C3)c(F)c2)CC1. The predicted molar refractivity (Wildman–Crippen MR) is 128 cm³/mol. The Bertz CT molecular complexity index is 944. The molecular weight excluding hydrogens is 440 g/mol. The third kappa shape index (κ3) is 6.55. The van der Waals surface area contributed by atoms with Gasteiger partial charge in [-0.3, -0.25) is 0 Å². The standard InChI is InChI=1S/C29H36F4O/c1-2-3-4-5-6-20-7-9-21(10-8-20)24-14-16-27(28(30)19-24)25-12-11-23-18-26(34-29(31,32)33)15-13-22(23)17-25/h13-16,18-21,25H,2-12,17H2,1H3. The van der Waals surface area contributed by atoms with E-state index in [0.29, 0.717) is 18.8 Å². The highest BCUT2D eigenvalue weighted by atomic mass is 19.4. The van der Waals surface area contributed by atoms with Gasteiger partial charge in [-0.2, -0.15) is 0 Å². The van der Waals surface area contributed by atoms with Gasteiger partial charge in [-0.25, -0.2) is 4.39 Å². The molecule has 2 aromatic carbocycles. The Kier molecular flexibility index (Phi) is 8.21. The molecule has 0 N–H and O–H groups in total. The quantitative estimate of drug-likeness (QED) is 0.272. The second-order valence-corrected chi connectivity index (χ2v) is 10.3. The average molecular weight is 477 g/mol. The van der Waals surface area contributed by atoms with Gasteiger partial charge < -0.3 is 4.74 Å². The van der Waals surface area contributed by atoms with E-state index in [-0.39, 0.29) is 17.5 Å². The normalized spacial score (nSPS) is 22.9. The van der Waals surface area contributed by atoms with Crippen molar-refractivity contribution in [3.8, 4) is 5.75 Å². The van der Waals surface area contributed by atoms with Crippen molar-refractivity contribution < 1.29 is 22.3 Å². The first-order valence-electron chi connectivity index (χ1n) is 13.0. The van der Waals surface area contributed by atoms with Gasteiger partial charge in [-0.1, -0.05) is 57.2 Å². The highest BCUT2D eigenvalue weighted by Crippen LogP contribution is 2.40. The van der Waals surface area contributed by atoms with Gasteiger partial charge in [0.15, 0.2) is 0 Å². The molecule has 0 aliphatic heterocycles. The van der Waals surface area contributed by atoms with Crippen molar-refractivity contribution in [3.05, 3.63) is 64.5 Å². The fourth-order valence-electron chi connectivity index (χ4n) is 5.97. The van der Waals surface area contributed by atoms with E-state index < -0.39 is 6.36 Å². The summed E-state index contributed by atoms with van der Waals surface area (Å²) in [5, 5.41) is 0. The number of hydrogen-bond donors (Lipinski definition) is 0. The van der Waals surface area contributed by atoms with Crippen molar-refractivity contribution in [2.75, 3.05) is 0 Å². The molecule has 2 aromatic rings. The van der Waals surface area contributed by atoms with Crippen LogP contribution in [0.25, 0.3) is 0 Å². The average Bonchev–Trinajstić information content (AvgIpc) is 2.81. The summed E-state index contributed by atoms with van der Waals surface area (Å²) in [6.07, 6.45) is 8.73. The van der Waals surface area contributed by atoms with Gasteiger partial charge in [0, 0.05) is 0 Å². The van der Waals surface area contributed by atoms with Crippen LogP contribution in [0.1, 0.15) is 105 Å². The molecule has 1 nitrogen and oxygen atoms in total. The molecule has 0 spiro atoms. The molecule has 0 saturated heterocycles. The number of unbranched alkanes of at least 4 members (excludes halogenated alkanes) is 3. The Hall–Kier alpha value is -2.04. The van der Waals surface area contributed by atoms with Crippen LogP contribution in [0, 0.1) is 11.7 Å². The van der Waals surface area contributed by atoms with Gasteiger partial charge in [-0.05, 0) is 103 Å². The zero-order valence-electron chi connectivity index (χ0n) is 20.1. The smallest absolute Gasteiger partial charge is 0.406 e. The zero-order valence-corrected chi connectivity index (χ0v) is 20.1. The van der Waals surface area contributed by atoms with E-state index in [1.165, 1.54) is 57.1 Å². The topological polar surface area (TPSA) is 9.23 Å². The molecule has 0 bridgehead atoms. The van der Waals surface area contributed by atoms with Crippen LogP contribution in [0.4, 0.5) is 17.6 Å². The number of hydrogen-bond acceptors (Lipinski definition) is 1. The maximum Gasteiger partial charge on any atom is 0.573 e. The van der Waals surface area contributed by atoms with E-state index >= 15 is 4.39 Å². The third-order valence-corrected chi connectivity index (χ3v) is 7.89. The number of aryl methyl sites for hydroxylation is 1. The van der Waals surface area contributed by atoms with Gasteiger partial charge in [-0.15, -0.1) is 13.2 Å². The molecule has 0 heterocycles. The van der Waals surface area contributed by atoms with Crippen LogP contribution in [0.5, 0.6) is 5.75 Å². The fraction of sp³-hybridized carbons (Fsp3) is 0.586. The Morgan fingerprint density at radius 1 is 0.853 bits per heavy atom. The van der Waals surface area contributed by atoms with Gasteiger partial charge in [0.05, 0.1) is 0 Å². The summed E-state index contributed by atoms with van der Waals surface area (Å²) in [6.45, 7) is 2.25. The van der Waals surface area contributed by atoms with Crippen molar-refractivity contribution in [2.45, 2.75) is 102 Å². The lowest BCUT2D eigenvalue weighted by atomic mass is 9.76. The largest absolute Gasteiger partial charge is 0.573 e. The first-order valence-corrected chi connectivity index (χ1v) is 13.0. The third-order valence-electron chi connectivity index (χ3n) is 7.89. The number of rotatable bonds is 8. The second kappa shape index (κ2) is 11.1. The molecule has 2 aliphatic rings. The second-order valence-electron chi connectivity index (χ2n) is 10.3. The molecule has 4 rings (SSSR count). The van der Waals surface area contributed by atoms with E-state index in [1.54, 1.807) is 12.1 Å². The van der Waals surface area contributed by atoms with E-state index in [2.05, 4.69) is 17.7 Å². The molecular formula is C29H36F4O.